The van der Waals surface area contributed by atoms with Gasteiger partial charge in [0.2, 0.25) is 0 Å². The highest BCUT2D eigenvalue weighted by atomic mass is 32.1. The number of aromatic nitrogens is 1. The number of pyridine rings is 1. The van der Waals surface area contributed by atoms with Crippen LogP contribution >= 0.6 is 12.2 Å². The highest BCUT2D eigenvalue weighted by Gasteiger charge is 2.02. The molecule has 0 unspecified atom stereocenters. The van der Waals surface area contributed by atoms with Crippen LogP contribution in [0.1, 0.15) is 11.3 Å². The fourth-order valence-corrected chi connectivity index (χ4v) is 1.99. The summed E-state index contributed by atoms with van der Waals surface area (Å²) in [6.07, 6.45) is 0.579. The van der Waals surface area contributed by atoms with E-state index in [1.807, 2.05) is 31.2 Å². The number of benzene rings is 1. The van der Waals surface area contributed by atoms with Crippen LogP contribution in [0.5, 0.6) is 0 Å². The number of aryl methyl sites for hydroxylation is 1. The fraction of sp³-hybridized carbons (Fsp3) is 0.200. The van der Waals surface area contributed by atoms with Crippen LogP contribution in [0.3, 0.4) is 0 Å². The van der Waals surface area contributed by atoms with Crippen molar-refractivity contribution in [3.8, 4) is 0 Å². The zero-order chi connectivity index (χ0) is 14.4. The molecule has 0 saturated carbocycles. The summed E-state index contributed by atoms with van der Waals surface area (Å²) in [5.41, 5.74) is 1.60. The van der Waals surface area contributed by atoms with E-state index in [1.165, 1.54) is 6.07 Å². The van der Waals surface area contributed by atoms with Crippen molar-refractivity contribution in [2.75, 3.05) is 11.9 Å². The first-order valence-corrected chi connectivity index (χ1v) is 6.78. The third kappa shape index (κ3) is 4.28. The van der Waals surface area contributed by atoms with Crippen LogP contribution in [0.2, 0.25) is 0 Å². The van der Waals surface area contributed by atoms with Gasteiger partial charge in [0, 0.05) is 12.2 Å². The molecule has 2 aromatic rings. The Morgan fingerprint density at radius 3 is 2.75 bits per heavy atom. The molecule has 1 aromatic carbocycles. The number of thiocarbonyl (C=S) groups is 1. The Kier molecular flexibility index (Phi) is 5.01. The van der Waals surface area contributed by atoms with Gasteiger partial charge in [-0.3, -0.25) is 0 Å². The summed E-state index contributed by atoms with van der Waals surface area (Å²) in [5.74, 6) is 0.516. The molecule has 5 heteroatoms. The van der Waals surface area contributed by atoms with Crippen molar-refractivity contribution in [1.82, 2.24) is 10.3 Å². The molecule has 0 saturated heterocycles. The van der Waals surface area contributed by atoms with Crippen LogP contribution in [0, 0.1) is 12.7 Å². The smallest absolute Gasteiger partial charge is 0.171 e. The lowest BCUT2D eigenvalue weighted by Crippen LogP contribution is -2.30. The van der Waals surface area contributed by atoms with Crippen molar-refractivity contribution >= 4 is 23.1 Å². The highest BCUT2D eigenvalue weighted by molar-refractivity contribution is 7.80. The number of halogens is 1. The predicted molar refractivity (Wildman–Crippen MR) is 83.3 cm³/mol. The number of nitrogens with one attached hydrogen (secondary N) is 2. The topological polar surface area (TPSA) is 37.0 Å². The largest absolute Gasteiger partial charge is 0.362 e. The lowest BCUT2D eigenvalue weighted by Gasteiger charge is -2.10. The lowest BCUT2D eigenvalue weighted by atomic mass is 10.1. The summed E-state index contributed by atoms with van der Waals surface area (Å²) in [4.78, 5) is 4.29. The third-order valence-corrected chi connectivity index (χ3v) is 3.01. The van der Waals surface area contributed by atoms with Crippen LogP contribution in [-0.2, 0) is 6.42 Å². The molecule has 0 aliphatic heterocycles. The van der Waals surface area contributed by atoms with Gasteiger partial charge in [-0.25, -0.2) is 9.37 Å². The van der Waals surface area contributed by atoms with E-state index in [0.717, 1.165) is 5.69 Å². The van der Waals surface area contributed by atoms with Crippen molar-refractivity contribution in [2.45, 2.75) is 13.3 Å². The minimum atomic E-state index is -0.187. The molecular weight excluding hydrogens is 273 g/mol. The second-order valence-electron chi connectivity index (χ2n) is 4.39. The molecule has 3 nitrogen and oxygen atoms in total. The minimum absolute atomic E-state index is 0.187. The fourth-order valence-electron chi connectivity index (χ4n) is 1.79. The molecule has 0 aliphatic rings. The third-order valence-electron chi connectivity index (χ3n) is 2.77. The quantitative estimate of drug-likeness (QED) is 0.848. The van der Waals surface area contributed by atoms with Crippen LogP contribution in [0.25, 0.3) is 0 Å². The van der Waals surface area contributed by atoms with Crippen LogP contribution in [-0.4, -0.2) is 16.6 Å². The van der Waals surface area contributed by atoms with Crippen molar-refractivity contribution in [3.63, 3.8) is 0 Å². The van der Waals surface area contributed by atoms with Crippen LogP contribution in [0.4, 0.5) is 10.2 Å². The molecule has 1 aromatic heterocycles. The van der Waals surface area contributed by atoms with E-state index in [4.69, 9.17) is 12.2 Å². The zero-order valence-corrected chi connectivity index (χ0v) is 12.0. The van der Waals surface area contributed by atoms with Crippen LogP contribution < -0.4 is 10.6 Å². The second-order valence-corrected chi connectivity index (χ2v) is 4.79. The Labute approximate surface area is 123 Å². The molecule has 104 valence electrons. The van der Waals surface area contributed by atoms with Gasteiger partial charge in [-0.15, -0.1) is 0 Å². The van der Waals surface area contributed by atoms with Gasteiger partial charge < -0.3 is 10.6 Å². The molecule has 2 N–H and O–H groups in total. The van der Waals surface area contributed by atoms with E-state index in [0.29, 0.717) is 29.5 Å². The maximum absolute atomic E-state index is 13.4. The maximum Gasteiger partial charge on any atom is 0.171 e. The van der Waals surface area contributed by atoms with Gasteiger partial charge in [-0.05, 0) is 49.3 Å². The van der Waals surface area contributed by atoms with E-state index in [2.05, 4.69) is 15.6 Å². The Morgan fingerprint density at radius 2 is 2.00 bits per heavy atom. The number of hydrogen-bond acceptors (Lipinski definition) is 2. The second kappa shape index (κ2) is 6.96. The molecule has 0 amide bonds. The number of anilines is 1. The average Bonchev–Trinajstić information content (AvgIpc) is 2.41. The van der Waals surface area contributed by atoms with Crippen LogP contribution in [0.15, 0.2) is 42.5 Å². The molecule has 1 heterocycles. The van der Waals surface area contributed by atoms with Gasteiger partial charge >= 0.3 is 0 Å². The van der Waals surface area contributed by atoms with Gasteiger partial charge in [0.25, 0.3) is 0 Å². The number of hydrogen-bond donors (Lipinski definition) is 2. The number of rotatable bonds is 4. The molecular formula is C15H16FN3S. The van der Waals surface area contributed by atoms with E-state index < -0.39 is 0 Å². The van der Waals surface area contributed by atoms with E-state index in [1.54, 1.807) is 12.1 Å². The van der Waals surface area contributed by atoms with Crippen molar-refractivity contribution in [3.05, 3.63) is 59.5 Å². The molecule has 20 heavy (non-hydrogen) atoms. The molecule has 0 spiro atoms. The normalized spacial score (nSPS) is 10.1. The molecule has 0 fully saturated rings. The zero-order valence-electron chi connectivity index (χ0n) is 11.2. The summed E-state index contributed by atoms with van der Waals surface area (Å²) >= 11 is 5.17. The first-order valence-electron chi connectivity index (χ1n) is 6.37. The van der Waals surface area contributed by atoms with E-state index >= 15 is 0 Å². The Morgan fingerprint density at radius 1 is 1.20 bits per heavy atom. The summed E-state index contributed by atoms with van der Waals surface area (Å²) in [7, 11) is 0. The van der Waals surface area contributed by atoms with Gasteiger partial charge in [-0.2, -0.15) is 0 Å². The molecule has 0 aliphatic carbocycles. The lowest BCUT2D eigenvalue weighted by molar-refractivity contribution is 0.607. The first kappa shape index (κ1) is 14.4. The average molecular weight is 289 g/mol. The predicted octanol–water partition coefficient (Wildman–Crippen LogP) is 3.06. The summed E-state index contributed by atoms with van der Waals surface area (Å²) < 4.78 is 13.4. The van der Waals surface area contributed by atoms with Gasteiger partial charge in [0.1, 0.15) is 11.6 Å². The van der Waals surface area contributed by atoms with E-state index in [-0.39, 0.29) is 5.82 Å². The minimum Gasteiger partial charge on any atom is -0.362 e. The van der Waals surface area contributed by atoms with Crippen molar-refractivity contribution < 1.29 is 4.39 Å². The van der Waals surface area contributed by atoms with Crippen molar-refractivity contribution in [2.24, 2.45) is 0 Å². The van der Waals surface area contributed by atoms with Gasteiger partial charge in [0.15, 0.2) is 5.11 Å². The molecule has 0 atom stereocenters. The SMILES string of the molecule is Cc1cccc(NC(=S)NCCc2ccccc2F)n1. The van der Waals surface area contributed by atoms with Gasteiger partial charge in [-0.1, -0.05) is 24.3 Å². The maximum atomic E-state index is 13.4. The standard InChI is InChI=1S/C15H16FN3S/c1-11-5-4-8-14(18-11)19-15(20)17-10-9-12-6-2-3-7-13(12)16/h2-8H,9-10H2,1H3,(H2,17,18,19,20). The molecule has 0 radical (unpaired) electrons. The monoisotopic (exact) mass is 289 g/mol. The first-order chi connectivity index (χ1) is 9.65. The highest BCUT2D eigenvalue weighted by Crippen LogP contribution is 2.06. The van der Waals surface area contributed by atoms with Crippen molar-refractivity contribution in [1.29, 1.82) is 0 Å². The summed E-state index contributed by atoms with van der Waals surface area (Å²) in [6, 6.07) is 12.4. The summed E-state index contributed by atoms with van der Waals surface area (Å²) in [6.45, 7) is 2.48. The Balaban J connectivity index is 1.80. The van der Waals surface area contributed by atoms with Gasteiger partial charge in [0.05, 0.1) is 0 Å². The number of nitrogens with zero attached hydrogens (tertiary/aromatic N) is 1. The molecule has 0 bridgehead atoms. The summed E-state index contributed by atoms with van der Waals surface area (Å²) in [5, 5.41) is 6.52. The van der Waals surface area contributed by atoms with E-state index in [9.17, 15) is 4.39 Å². The molecule has 2 rings (SSSR count). The Hall–Kier alpha value is -2.01. The Bertz CT molecular complexity index is 601.